The Bertz CT molecular complexity index is 1050. The Morgan fingerprint density at radius 2 is 2.00 bits per heavy atom. The lowest BCUT2D eigenvalue weighted by Crippen LogP contribution is -2.24. The van der Waals surface area contributed by atoms with Crippen molar-refractivity contribution in [3.63, 3.8) is 0 Å². The van der Waals surface area contributed by atoms with Crippen LogP contribution in [0.3, 0.4) is 0 Å². The zero-order chi connectivity index (χ0) is 19.7. The number of pyridine rings is 1. The molecule has 4 rings (SSSR count). The minimum Gasteiger partial charge on any atom is -0.392 e. The quantitative estimate of drug-likeness (QED) is 0.691. The van der Waals surface area contributed by atoms with Gasteiger partial charge in [-0.15, -0.1) is 0 Å². The molecule has 146 valence electrons. The Morgan fingerprint density at radius 1 is 1.21 bits per heavy atom. The van der Waals surface area contributed by atoms with Crippen LogP contribution in [-0.2, 0) is 16.4 Å². The third kappa shape index (κ3) is 3.96. The molecule has 9 heteroatoms. The van der Waals surface area contributed by atoms with Crippen molar-refractivity contribution in [2.75, 3.05) is 12.8 Å². The molecular formula is C19H20N4O4S. The van der Waals surface area contributed by atoms with Crippen LogP contribution < -0.4 is 0 Å². The lowest BCUT2D eigenvalue weighted by molar-refractivity contribution is 0.169. The van der Waals surface area contributed by atoms with Crippen molar-refractivity contribution < 1.29 is 18.0 Å². The van der Waals surface area contributed by atoms with Crippen LogP contribution in [0.25, 0.3) is 11.5 Å². The third-order valence-corrected chi connectivity index (χ3v) is 5.87. The SMILES string of the molecule is CS(=O)(=O)c1ccc(CN2C[C@H](O)C[C@H]2c2nc(-c3ccccn3)no2)cc1. The summed E-state index contributed by atoms with van der Waals surface area (Å²) in [4.78, 5) is 11.0. The molecule has 0 aliphatic carbocycles. The first-order valence-corrected chi connectivity index (χ1v) is 10.8. The van der Waals surface area contributed by atoms with Gasteiger partial charge in [0.05, 0.1) is 17.0 Å². The van der Waals surface area contributed by atoms with Crippen LogP contribution >= 0.6 is 0 Å². The van der Waals surface area contributed by atoms with Crippen LogP contribution in [0.1, 0.15) is 23.9 Å². The predicted molar refractivity (Wildman–Crippen MR) is 101 cm³/mol. The van der Waals surface area contributed by atoms with Crippen molar-refractivity contribution >= 4 is 9.84 Å². The first-order chi connectivity index (χ1) is 13.4. The monoisotopic (exact) mass is 400 g/mol. The van der Waals surface area contributed by atoms with E-state index in [0.717, 1.165) is 5.56 Å². The third-order valence-electron chi connectivity index (χ3n) is 4.74. The van der Waals surface area contributed by atoms with Crippen LogP contribution in [0.2, 0.25) is 0 Å². The van der Waals surface area contributed by atoms with Gasteiger partial charge in [-0.2, -0.15) is 4.98 Å². The number of hydrogen-bond donors (Lipinski definition) is 1. The van der Waals surface area contributed by atoms with Gasteiger partial charge in [-0.3, -0.25) is 9.88 Å². The molecule has 1 aliphatic rings. The van der Waals surface area contributed by atoms with Gasteiger partial charge in [-0.25, -0.2) is 8.42 Å². The topological polar surface area (TPSA) is 109 Å². The van der Waals surface area contributed by atoms with Crippen molar-refractivity contribution in [2.45, 2.75) is 30.0 Å². The van der Waals surface area contributed by atoms with E-state index in [1.807, 2.05) is 12.1 Å². The molecule has 8 nitrogen and oxygen atoms in total. The number of sulfone groups is 1. The average Bonchev–Trinajstić information content (AvgIpc) is 3.29. The van der Waals surface area contributed by atoms with Crippen molar-refractivity contribution in [2.24, 2.45) is 0 Å². The van der Waals surface area contributed by atoms with Gasteiger partial charge in [-0.05, 0) is 36.2 Å². The second-order valence-corrected chi connectivity index (χ2v) is 8.94. The molecule has 0 bridgehead atoms. The van der Waals surface area contributed by atoms with Gasteiger partial charge in [0.1, 0.15) is 5.69 Å². The van der Waals surface area contributed by atoms with Crippen LogP contribution in [0.15, 0.2) is 58.1 Å². The number of β-amino-alcohol motifs (C(OH)–C–C–N with tert-alkyl or cyclic N) is 1. The van der Waals surface area contributed by atoms with Crippen LogP contribution in [0.4, 0.5) is 0 Å². The Labute approximate surface area is 162 Å². The van der Waals surface area contributed by atoms with E-state index in [1.54, 1.807) is 36.5 Å². The van der Waals surface area contributed by atoms with Gasteiger partial charge in [0.25, 0.3) is 0 Å². The Kier molecular flexibility index (Phi) is 4.96. The summed E-state index contributed by atoms with van der Waals surface area (Å²) >= 11 is 0. The van der Waals surface area contributed by atoms with Crippen LogP contribution in [0.5, 0.6) is 0 Å². The van der Waals surface area contributed by atoms with Gasteiger partial charge in [0.2, 0.25) is 11.7 Å². The molecule has 0 radical (unpaired) electrons. The molecule has 0 amide bonds. The summed E-state index contributed by atoms with van der Waals surface area (Å²) in [6, 6.07) is 12.0. The number of nitrogens with zero attached hydrogens (tertiary/aromatic N) is 4. The van der Waals surface area contributed by atoms with E-state index in [1.165, 1.54) is 6.26 Å². The Balaban J connectivity index is 1.54. The fourth-order valence-electron chi connectivity index (χ4n) is 3.36. The zero-order valence-corrected chi connectivity index (χ0v) is 16.1. The summed E-state index contributed by atoms with van der Waals surface area (Å²) in [5.74, 6) is 0.847. The molecule has 28 heavy (non-hydrogen) atoms. The molecule has 1 saturated heterocycles. The van der Waals surface area contributed by atoms with E-state index < -0.39 is 15.9 Å². The lowest BCUT2D eigenvalue weighted by atomic mass is 10.1. The van der Waals surface area contributed by atoms with E-state index in [4.69, 9.17) is 4.52 Å². The minimum atomic E-state index is -3.23. The molecule has 1 fully saturated rings. The summed E-state index contributed by atoms with van der Waals surface area (Å²) in [6.07, 6.45) is 2.84. The van der Waals surface area contributed by atoms with Crippen molar-refractivity contribution in [3.8, 4) is 11.5 Å². The second-order valence-electron chi connectivity index (χ2n) is 6.92. The number of likely N-dealkylation sites (tertiary alicyclic amines) is 1. The highest BCUT2D eigenvalue weighted by atomic mass is 32.2. The number of benzene rings is 1. The summed E-state index contributed by atoms with van der Waals surface area (Å²) < 4.78 is 28.7. The minimum absolute atomic E-state index is 0.213. The summed E-state index contributed by atoms with van der Waals surface area (Å²) in [5.41, 5.74) is 1.56. The van der Waals surface area contributed by atoms with Gasteiger partial charge in [0, 0.05) is 25.5 Å². The van der Waals surface area contributed by atoms with Crippen molar-refractivity contribution in [3.05, 3.63) is 60.1 Å². The number of aliphatic hydroxyl groups excluding tert-OH is 1. The maximum Gasteiger partial charge on any atom is 0.244 e. The molecule has 2 atom stereocenters. The van der Waals surface area contributed by atoms with Gasteiger partial charge in [0.15, 0.2) is 9.84 Å². The van der Waals surface area contributed by atoms with Gasteiger partial charge >= 0.3 is 0 Å². The lowest BCUT2D eigenvalue weighted by Gasteiger charge is -2.21. The molecule has 3 heterocycles. The smallest absolute Gasteiger partial charge is 0.244 e. The molecule has 1 aliphatic heterocycles. The van der Waals surface area contributed by atoms with E-state index in [0.29, 0.717) is 36.9 Å². The average molecular weight is 400 g/mol. The molecule has 1 aromatic carbocycles. The Morgan fingerprint density at radius 3 is 2.68 bits per heavy atom. The van der Waals surface area contributed by atoms with Crippen LogP contribution in [-0.4, -0.2) is 52.5 Å². The molecular weight excluding hydrogens is 380 g/mol. The largest absolute Gasteiger partial charge is 0.392 e. The predicted octanol–water partition coefficient (Wildman–Crippen LogP) is 1.84. The second kappa shape index (κ2) is 7.42. The number of rotatable bonds is 5. The first-order valence-electron chi connectivity index (χ1n) is 8.86. The molecule has 0 unspecified atom stereocenters. The zero-order valence-electron chi connectivity index (χ0n) is 15.3. The van der Waals surface area contributed by atoms with E-state index in [-0.39, 0.29) is 10.9 Å². The number of aliphatic hydroxyl groups is 1. The van der Waals surface area contributed by atoms with E-state index in [2.05, 4.69) is 20.0 Å². The highest BCUT2D eigenvalue weighted by Gasteiger charge is 2.36. The highest BCUT2D eigenvalue weighted by molar-refractivity contribution is 7.90. The first kappa shape index (κ1) is 18.7. The fraction of sp³-hybridized carbons (Fsp3) is 0.316. The maximum absolute atomic E-state index is 11.6. The van der Waals surface area contributed by atoms with Crippen LogP contribution in [0, 0.1) is 0 Å². The number of hydrogen-bond acceptors (Lipinski definition) is 8. The molecule has 1 N–H and O–H groups in total. The van der Waals surface area contributed by atoms with Gasteiger partial charge in [-0.1, -0.05) is 23.4 Å². The fourth-order valence-corrected chi connectivity index (χ4v) is 3.99. The molecule has 0 spiro atoms. The maximum atomic E-state index is 11.6. The van der Waals surface area contributed by atoms with Crippen molar-refractivity contribution in [1.82, 2.24) is 20.0 Å². The molecule has 0 saturated carbocycles. The van der Waals surface area contributed by atoms with Crippen molar-refractivity contribution in [1.29, 1.82) is 0 Å². The molecule has 2 aromatic heterocycles. The summed E-state index contributed by atoms with van der Waals surface area (Å²) in [5, 5.41) is 14.2. The van der Waals surface area contributed by atoms with E-state index in [9.17, 15) is 13.5 Å². The number of aromatic nitrogens is 3. The summed E-state index contributed by atoms with van der Waals surface area (Å²) in [7, 11) is -3.23. The Hall–Kier alpha value is -2.62. The standard InChI is InChI=1S/C19H20N4O4S/c1-28(25,26)15-7-5-13(6-8-15)11-23-12-14(24)10-17(23)19-21-18(22-27-19)16-4-2-3-9-20-16/h2-9,14,17,24H,10-12H2,1H3/t14-,17+/m1/s1. The molecule has 3 aromatic rings. The summed E-state index contributed by atoms with van der Waals surface area (Å²) in [6.45, 7) is 1.01. The van der Waals surface area contributed by atoms with Gasteiger partial charge < -0.3 is 9.63 Å². The normalized spacial score (nSPS) is 20.5. The highest BCUT2D eigenvalue weighted by Crippen LogP contribution is 2.33. The van der Waals surface area contributed by atoms with E-state index >= 15 is 0 Å².